The second kappa shape index (κ2) is 5.85. The maximum Gasteiger partial charge on any atom is 0.237 e. The third-order valence-electron chi connectivity index (χ3n) is 2.10. The number of aldehydes is 1. The van der Waals surface area contributed by atoms with Crippen LogP contribution in [-0.2, 0) is 9.59 Å². The van der Waals surface area contributed by atoms with E-state index < -0.39 is 12.1 Å². The lowest BCUT2D eigenvalue weighted by molar-refractivity contribution is -0.125. The zero-order chi connectivity index (χ0) is 12.1. The molecule has 0 aromatic carbocycles. The van der Waals surface area contributed by atoms with Crippen LogP contribution in [0.25, 0.3) is 0 Å². The third kappa shape index (κ3) is 6.23. The molecule has 0 unspecified atom stereocenters. The van der Waals surface area contributed by atoms with Gasteiger partial charge < -0.3 is 15.8 Å². The molecule has 0 aromatic heterocycles. The van der Waals surface area contributed by atoms with Crippen molar-refractivity contribution >= 4 is 12.2 Å². The van der Waals surface area contributed by atoms with Gasteiger partial charge in [0, 0.05) is 0 Å². The molecule has 0 aliphatic rings. The summed E-state index contributed by atoms with van der Waals surface area (Å²) >= 11 is 0. The van der Waals surface area contributed by atoms with Crippen molar-refractivity contribution in [2.24, 2.45) is 11.1 Å². The molecule has 2 atom stereocenters. The van der Waals surface area contributed by atoms with Crippen LogP contribution >= 0.6 is 0 Å². The number of nitrogens with one attached hydrogen (secondary N) is 1. The van der Waals surface area contributed by atoms with Crippen LogP contribution in [-0.4, -0.2) is 24.3 Å². The third-order valence-corrected chi connectivity index (χ3v) is 2.10. The van der Waals surface area contributed by atoms with Crippen molar-refractivity contribution in [3.05, 3.63) is 0 Å². The van der Waals surface area contributed by atoms with E-state index in [0.717, 1.165) is 6.29 Å². The molecule has 0 aliphatic carbocycles. The highest BCUT2D eigenvalue weighted by molar-refractivity contribution is 5.84. The van der Waals surface area contributed by atoms with Crippen molar-refractivity contribution in [3.8, 4) is 0 Å². The minimum Gasteiger partial charge on any atom is -0.345 e. The summed E-state index contributed by atoms with van der Waals surface area (Å²) in [6.45, 7) is 7.91. The van der Waals surface area contributed by atoms with Gasteiger partial charge in [-0.1, -0.05) is 27.7 Å². The first-order valence-electron chi connectivity index (χ1n) is 5.31. The van der Waals surface area contributed by atoms with Gasteiger partial charge in [0.1, 0.15) is 6.29 Å². The van der Waals surface area contributed by atoms with Crippen LogP contribution in [0.1, 0.15) is 40.5 Å². The lowest BCUT2D eigenvalue weighted by Crippen LogP contribution is -2.46. The molecule has 0 spiro atoms. The molecule has 4 nitrogen and oxygen atoms in total. The van der Waals surface area contributed by atoms with E-state index in [-0.39, 0.29) is 11.3 Å². The van der Waals surface area contributed by atoms with Crippen molar-refractivity contribution in [1.82, 2.24) is 5.32 Å². The summed E-state index contributed by atoms with van der Waals surface area (Å²) in [4.78, 5) is 22.2. The molecule has 0 bridgehead atoms. The lowest BCUT2D eigenvalue weighted by atomic mass is 9.88. The van der Waals surface area contributed by atoms with E-state index in [4.69, 9.17) is 5.73 Å². The Morgan fingerprint density at radius 3 is 2.33 bits per heavy atom. The number of nitrogens with two attached hydrogens (primary N) is 1. The SMILES string of the molecule is CC[C@H](N)C(=O)N[C@H](C=O)CC(C)(C)C. The van der Waals surface area contributed by atoms with Crippen LogP contribution in [0, 0.1) is 5.41 Å². The molecule has 0 heterocycles. The number of amides is 1. The fourth-order valence-electron chi connectivity index (χ4n) is 1.27. The fraction of sp³-hybridized carbons (Fsp3) is 0.818. The highest BCUT2D eigenvalue weighted by atomic mass is 16.2. The van der Waals surface area contributed by atoms with Crippen LogP contribution in [0.4, 0.5) is 0 Å². The minimum atomic E-state index is -0.521. The van der Waals surface area contributed by atoms with E-state index in [1.165, 1.54) is 0 Å². The number of hydrogen-bond acceptors (Lipinski definition) is 3. The van der Waals surface area contributed by atoms with Gasteiger partial charge in [-0.25, -0.2) is 0 Å². The summed E-state index contributed by atoms with van der Waals surface area (Å²) in [7, 11) is 0. The standard InChI is InChI=1S/C11H22N2O2/c1-5-9(12)10(15)13-8(7-14)6-11(2,3)4/h7-9H,5-6,12H2,1-4H3,(H,13,15)/t8-,9-/m0/s1. The first-order valence-corrected chi connectivity index (χ1v) is 5.31. The largest absolute Gasteiger partial charge is 0.345 e. The van der Waals surface area contributed by atoms with Crippen molar-refractivity contribution < 1.29 is 9.59 Å². The highest BCUT2D eigenvalue weighted by Gasteiger charge is 2.21. The molecule has 4 heteroatoms. The zero-order valence-electron chi connectivity index (χ0n) is 10.0. The monoisotopic (exact) mass is 214 g/mol. The average molecular weight is 214 g/mol. The molecule has 0 aromatic rings. The fourth-order valence-corrected chi connectivity index (χ4v) is 1.27. The topological polar surface area (TPSA) is 72.2 Å². The molecule has 1 amide bonds. The molecule has 0 radical (unpaired) electrons. The van der Waals surface area contributed by atoms with E-state index in [9.17, 15) is 9.59 Å². The predicted molar refractivity (Wildman–Crippen MR) is 60.3 cm³/mol. The number of carbonyl (C=O) groups excluding carboxylic acids is 2. The molecule has 0 saturated carbocycles. The molecule has 0 fully saturated rings. The molecule has 0 aliphatic heterocycles. The Kier molecular flexibility index (Phi) is 5.50. The van der Waals surface area contributed by atoms with Gasteiger partial charge >= 0.3 is 0 Å². The molecule has 3 N–H and O–H groups in total. The Bertz CT molecular complexity index is 221. The van der Waals surface area contributed by atoms with E-state index >= 15 is 0 Å². The van der Waals surface area contributed by atoms with E-state index in [2.05, 4.69) is 5.32 Å². The Hall–Kier alpha value is -0.900. The summed E-state index contributed by atoms with van der Waals surface area (Å²) in [5.74, 6) is -0.251. The van der Waals surface area contributed by atoms with Gasteiger partial charge in [0.2, 0.25) is 5.91 Å². The van der Waals surface area contributed by atoms with Gasteiger partial charge in [-0.15, -0.1) is 0 Å². The lowest BCUT2D eigenvalue weighted by Gasteiger charge is -2.23. The van der Waals surface area contributed by atoms with E-state index in [1.807, 2.05) is 27.7 Å². The molecule has 88 valence electrons. The molecule has 15 heavy (non-hydrogen) atoms. The minimum absolute atomic E-state index is 0.00909. The Labute approximate surface area is 91.6 Å². The van der Waals surface area contributed by atoms with Gasteiger partial charge in [0.05, 0.1) is 12.1 Å². The van der Waals surface area contributed by atoms with Crippen molar-refractivity contribution in [1.29, 1.82) is 0 Å². The Morgan fingerprint density at radius 2 is 2.00 bits per heavy atom. The second-order valence-electron chi connectivity index (χ2n) is 5.03. The summed E-state index contributed by atoms with van der Waals surface area (Å²) in [5, 5.41) is 2.64. The van der Waals surface area contributed by atoms with Gasteiger partial charge in [-0.3, -0.25) is 4.79 Å². The van der Waals surface area contributed by atoms with Gasteiger partial charge in [-0.2, -0.15) is 0 Å². The van der Waals surface area contributed by atoms with Crippen LogP contribution in [0.2, 0.25) is 0 Å². The van der Waals surface area contributed by atoms with Crippen molar-refractivity contribution in [2.75, 3.05) is 0 Å². The summed E-state index contributed by atoms with van der Waals surface area (Å²) in [6, 6.07) is -0.956. The van der Waals surface area contributed by atoms with Gasteiger partial charge in [0.25, 0.3) is 0 Å². The number of carbonyl (C=O) groups is 2. The van der Waals surface area contributed by atoms with E-state index in [1.54, 1.807) is 0 Å². The summed E-state index contributed by atoms with van der Waals surface area (Å²) in [5.41, 5.74) is 5.56. The maximum atomic E-state index is 11.4. The summed E-state index contributed by atoms with van der Waals surface area (Å²) < 4.78 is 0. The number of hydrogen-bond donors (Lipinski definition) is 2. The van der Waals surface area contributed by atoms with Gasteiger partial charge in [-0.05, 0) is 18.3 Å². The maximum absolute atomic E-state index is 11.4. The van der Waals surface area contributed by atoms with Gasteiger partial charge in [0.15, 0.2) is 0 Å². The first kappa shape index (κ1) is 14.1. The number of rotatable bonds is 5. The normalized spacial score (nSPS) is 15.5. The Balaban J connectivity index is 4.22. The molecule has 0 rings (SSSR count). The van der Waals surface area contributed by atoms with Crippen molar-refractivity contribution in [2.45, 2.75) is 52.6 Å². The van der Waals surface area contributed by atoms with Crippen LogP contribution in [0.5, 0.6) is 0 Å². The van der Waals surface area contributed by atoms with Crippen molar-refractivity contribution in [3.63, 3.8) is 0 Å². The predicted octanol–water partition coefficient (Wildman–Crippen LogP) is 0.844. The van der Waals surface area contributed by atoms with Crippen LogP contribution in [0.15, 0.2) is 0 Å². The van der Waals surface area contributed by atoms with Crippen LogP contribution in [0.3, 0.4) is 0 Å². The molecular formula is C11H22N2O2. The van der Waals surface area contributed by atoms with E-state index in [0.29, 0.717) is 12.8 Å². The molecular weight excluding hydrogens is 192 g/mol. The summed E-state index contributed by atoms with van der Waals surface area (Å²) in [6.07, 6.45) is 1.97. The Morgan fingerprint density at radius 1 is 1.47 bits per heavy atom. The highest BCUT2D eigenvalue weighted by Crippen LogP contribution is 2.19. The quantitative estimate of drug-likeness (QED) is 0.666. The average Bonchev–Trinajstić information content (AvgIpc) is 2.13. The first-order chi connectivity index (χ1) is 6.80. The van der Waals surface area contributed by atoms with Crippen LogP contribution < -0.4 is 11.1 Å². The molecule has 0 saturated heterocycles. The smallest absolute Gasteiger partial charge is 0.237 e. The zero-order valence-corrected chi connectivity index (χ0v) is 10.0. The second-order valence-corrected chi connectivity index (χ2v) is 5.03.